The van der Waals surface area contributed by atoms with Crippen molar-refractivity contribution >= 4 is 28.1 Å². The smallest absolute Gasteiger partial charge is 0.144 e. The molecular weight excluding hydrogens is 272 g/mol. The monoisotopic (exact) mass is 286 g/mol. The SMILES string of the molecule is CCCc1[nH]c(CC2CC2)nc(=S)c1Br. The van der Waals surface area contributed by atoms with Crippen molar-refractivity contribution in [2.75, 3.05) is 0 Å². The second kappa shape index (κ2) is 4.74. The van der Waals surface area contributed by atoms with Gasteiger partial charge in [-0.3, -0.25) is 0 Å². The zero-order valence-corrected chi connectivity index (χ0v) is 11.2. The second-order valence-corrected chi connectivity index (χ2v) is 5.36. The van der Waals surface area contributed by atoms with Crippen molar-refractivity contribution in [3.8, 4) is 0 Å². The highest BCUT2D eigenvalue weighted by atomic mass is 79.9. The van der Waals surface area contributed by atoms with E-state index in [0.717, 1.165) is 35.5 Å². The first-order valence-electron chi connectivity index (χ1n) is 5.48. The lowest BCUT2D eigenvalue weighted by molar-refractivity contribution is 0.743. The summed E-state index contributed by atoms with van der Waals surface area (Å²) in [5.41, 5.74) is 1.20. The predicted octanol–water partition coefficient (Wildman–Crippen LogP) is 3.81. The third-order valence-electron chi connectivity index (χ3n) is 2.66. The molecule has 1 aromatic rings. The van der Waals surface area contributed by atoms with Crippen molar-refractivity contribution in [1.29, 1.82) is 0 Å². The van der Waals surface area contributed by atoms with Crippen LogP contribution in [0.5, 0.6) is 0 Å². The van der Waals surface area contributed by atoms with Crippen LogP contribution >= 0.6 is 28.1 Å². The van der Waals surface area contributed by atoms with Crippen molar-refractivity contribution in [3.63, 3.8) is 0 Å². The molecule has 2 nitrogen and oxygen atoms in total. The van der Waals surface area contributed by atoms with E-state index >= 15 is 0 Å². The molecule has 0 saturated heterocycles. The van der Waals surface area contributed by atoms with Crippen LogP contribution < -0.4 is 0 Å². The Balaban J connectivity index is 2.27. The van der Waals surface area contributed by atoms with Crippen LogP contribution in [-0.4, -0.2) is 9.97 Å². The van der Waals surface area contributed by atoms with Gasteiger partial charge >= 0.3 is 0 Å². The summed E-state index contributed by atoms with van der Waals surface area (Å²) in [6.45, 7) is 2.17. The number of hydrogen-bond acceptors (Lipinski definition) is 2. The number of aryl methyl sites for hydroxylation is 1. The molecule has 0 amide bonds. The molecule has 1 heterocycles. The quantitative estimate of drug-likeness (QED) is 0.853. The maximum absolute atomic E-state index is 5.24. The number of H-pyrrole nitrogens is 1. The highest BCUT2D eigenvalue weighted by Crippen LogP contribution is 2.32. The molecule has 15 heavy (non-hydrogen) atoms. The average Bonchev–Trinajstić information content (AvgIpc) is 2.98. The molecule has 1 aliphatic rings. The molecule has 0 aliphatic heterocycles. The van der Waals surface area contributed by atoms with Crippen LogP contribution in [0.1, 0.15) is 37.7 Å². The van der Waals surface area contributed by atoms with Gasteiger partial charge in [0.2, 0.25) is 0 Å². The molecule has 82 valence electrons. The van der Waals surface area contributed by atoms with Gasteiger partial charge in [-0.15, -0.1) is 0 Å². The fraction of sp³-hybridized carbons (Fsp3) is 0.636. The molecule has 1 saturated carbocycles. The molecule has 0 radical (unpaired) electrons. The van der Waals surface area contributed by atoms with Crippen molar-refractivity contribution in [1.82, 2.24) is 9.97 Å². The van der Waals surface area contributed by atoms with Crippen LogP contribution in [0.2, 0.25) is 0 Å². The van der Waals surface area contributed by atoms with E-state index in [0.29, 0.717) is 4.64 Å². The maximum Gasteiger partial charge on any atom is 0.144 e. The molecule has 2 rings (SSSR count). The summed E-state index contributed by atoms with van der Waals surface area (Å²) in [6.07, 6.45) is 5.91. The highest BCUT2D eigenvalue weighted by Gasteiger charge is 2.22. The standard InChI is InChI=1S/C11H15BrN2S/c1-2-3-8-10(12)11(15)14-9(13-8)6-7-4-5-7/h7H,2-6H2,1H3,(H,13,14,15). The topological polar surface area (TPSA) is 28.7 Å². The number of halogens is 1. The fourth-order valence-electron chi connectivity index (χ4n) is 1.67. The van der Waals surface area contributed by atoms with Gasteiger partial charge in [-0.05, 0) is 41.1 Å². The van der Waals surface area contributed by atoms with E-state index in [2.05, 4.69) is 32.8 Å². The summed E-state index contributed by atoms with van der Waals surface area (Å²) in [7, 11) is 0. The van der Waals surface area contributed by atoms with Crippen molar-refractivity contribution < 1.29 is 0 Å². The van der Waals surface area contributed by atoms with Crippen LogP contribution in [0.15, 0.2) is 4.47 Å². The zero-order chi connectivity index (χ0) is 10.8. The number of aromatic amines is 1. The minimum Gasteiger partial charge on any atom is -0.346 e. The van der Waals surface area contributed by atoms with E-state index in [1.165, 1.54) is 18.5 Å². The lowest BCUT2D eigenvalue weighted by Gasteiger charge is -2.07. The van der Waals surface area contributed by atoms with E-state index in [4.69, 9.17) is 12.2 Å². The van der Waals surface area contributed by atoms with E-state index in [1.54, 1.807) is 0 Å². The Morgan fingerprint density at radius 1 is 1.53 bits per heavy atom. The number of hydrogen-bond donors (Lipinski definition) is 1. The van der Waals surface area contributed by atoms with Gasteiger partial charge in [-0.1, -0.05) is 25.6 Å². The lowest BCUT2D eigenvalue weighted by Crippen LogP contribution is -2.02. The third-order valence-corrected chi connectivity index (χ3v) is 4.08. The van der Waals surface area contributed by atoms with Crippen LogP contribution in [0, 0.1) is 10.6 Å². The minimum absolute atomic E-state index is 0.702. The van der Waals surface area contributed by atoms with Gasteiger partial charge in [0.15, 0.2) is 0 Å². The van der Waals surface area contributed by atoms with E-state index < -0.39 is 0 Å². The van der Waals surface area contributed by atoms with Gasteiger partial charge in [-0.2, -0.15) is 0 Å². The van der Waals surface area contributed by atoms with Gasteiger partial charge in [0.1, 0.15) is 10.5 Å². The first kappa shape index (κ1) is 11.3. The van der Waals surface area contributed by atoms with Crippen LogP contribution in [0.25, 0.3) is 0 Å². The first-order chi connectivity index (χ1) is 7.20. The van der Waals surface area contributed by atoms with Crippen LogP contribution in [-0.2, 0) is 12.8 Å². The summed E-state index contributed by atoms with van der Waals surface area (Å²) in [5, 5.41) is 0. The molecule has 0 unspecified atom stereocenters. The first-order valence-corrected chi connectivity index (χ1v) is 6.68. The van der Waals surface area contributed by atoms with Gasteiger partial charge < -0.3 is 4.98 Å². The van der Waals surface area contributed by atoms with E-state index in [9.17, 15) is 0 Å². The van der Waals surface area contributed by atoms with Crippen LogP contribution in [0.3, 0.4) is 0 Å². The molecule has 0 bridgehead atoms. The molecule has 0 spiro atoms. The Morgan fingerprint density at radius 3 is 2.87 bits per heavy atom. The molecular formula is C11H15BrN2S. The molecule has 1 aromatic heterocycles. The van der Waals surface area contributed by atoms with Crippen molar-refractivity contribution in [2.45, 2.75) is 39.0 Å². The van der Waals surface area contributed by atoms with Gasteiger partial charge in [0.05, 0.1) is 4.47 Å². The Morgan fingerprint density at radius 2 is 2.27 bits per heavy atom. The number of aromatic nitrogens is 2. The number of rotatable bonds is 4. The Kier molecular flexibility index (Phi) is 3.57. The van der Waals surface area contributed by atoms with Gasteiger partial charge in [0, 0.05) is 12.1 Å². The van der Waals surface area contributed by atoms with Gasteiger partial charge in [-0.25, -0.2) is 4.98 Å². The fourth-order valence-corrected chi connectivity index (χ4v) is 2.29. The normalized spacial score (nSPS) is 15.6. The summed E-state index contributed by atoms with van der Waals surface area (Å²) >= 11 is 8.74. The largest absolute Gasteiger partial charge is 0.346 e. The zero-order valence-electron chi connectivity index (χ0n) is 8.85. The average molecular weight is 287 g/mol. The molecule has 1 N–H and O–H groups in total. The molecule has 1 aliphatic carbocycles. The summed E-state index contributed by atoms with van der Waals surface area (Å²) < 4.78 is 1.67. The van der Waals surface area contributed by atoms with Gasteiger partial charge in [0.25, 0.3) is 0 Å². The van der Waals surface area contributed by atoms with E-state index in [-0.39, 0.29) is 0 Å². The molecule has 4 heteroatoms. The second-order valence-electron chi connectivity index (χ2n) is 4.18. The molecule has 0 aromatic carbocycles. The Labute approximate surface area is 104 Å². The third kappa shape index (κ3) is 2.88. The summed E-state index contributed by atoms with van der Waals surface area (Å²) in [4.78, 5) is 7.81. The number of nitrogens with zero attached hydrogens (tertiary/aromatic N) is 1. The number of nitrogens with one attached hydrogen (secondary N) is 1. The molecule has 0 atom stereocenters. The van der Waals surface area contributed by atoms with Crippen LogP contribution in [0.4, 0.5) is 0 Å². The predicted molar refractivity (Wildman–Crippen MR) is 67.5 cm³/mol. The Hall–Kier alpha value is -0.220. The summed E-state index contributed by atoms with van der Waals surface area (Å²) in [6, 6.07) is 0. The lowest BCUT2D eigenvalue weighted by atomic mass is 10.2. The van der Waals surface area contributed by atoms with Crippen molar-refractivity contribution in [3.05, 3.63) is 20.6 Å². The maximum atomic E-state index is 5.24. The minimum atomic E-state index is 0.702. The molecule has 1 fully saturated rings. The highest BCUT2D eigenvalue weighted by molar-refractivity contribution is 9.10. The van der Waals surface area contributed by atoms with E-state index in [1.807, 2.05) is 0 Å². The Bertz CT molecular complexity index is 410. The summed E-state index contributed by atoms with van der Waals surface area (Å²) in [5.74, 6) is 1.91. The van der Waals surface area contributed by atoms with Crippen molar-refractivity contribution in [2.24, 2.45) is 5.92 Å².